The molecular weight excluding hydrogens is 655 g/mol. The largest absolute Gasteiger partial charge is 0.489 e. The quantitative estimate of drug-likeness (QED) is 0.291. The van der Waals surface area contributed by atoms with E-state index in [9.17, 15) is 0 Å². The number of rotatable bonds is 4. The van der Waals surface area contributed by atoms with Gasteiger partial charge in [0, 0.05) is 62.6 Å². The maximum atomic E-state index is 6.68. The number of allylic oxidation sites excluding steroid dienone is 23. The van der Waals surface area contributed by atoms with Crippen molar-refractivity contribution in [1.29, 1.82) is 0 Å². The first-order valence-corrected chi connectivity index (χ1v) is 21.9. The number of hydrogen-bond acceptors (Lipinski definition) is 3. The molecule has 0 saturated heterocycles. The summed E-state index contributed by atoms with van der Waals surface area (Å²) in [6.45, 7) is 2.54. The van der Waals surface area contributed by atoms with Crippen LogP contribution in [0.3, 0.4) is 0 Å². The molecule has 0 bridgehead atoms. The Morgan fingerprint density at radius 1 is 0.843 bits per heavy atom. The first-order chi connectivity index (χ1) is 25.2. The van der Waals surface area contributed by atoms with E-state index in [4.69, 9.17) is 4.74 Å². The first kappa shape index (κ1) is 30.4. The Labute approximate surface area is 308 Å². The molecule has 1 aromatic rings. The van der Waals surface area contributed by atoms with Gasteiger partial charge in [-0.25, -0.2) is 0 Å². The number of benzene rings is 1. The van der Waals surface area contributed by atoms with Crippen molar-refractivity contribution < 1.29 is 4.74 Å². The van der Waals surface area contributed by atoms with Crippen LogP contribution in [0.25, 0.3) is 5.57 Å². The van der Waals surface area contributed by atoms with Gasteiger partial charge >= 0.3 is 0 Å². The number of anilines is 1. The molecule has 3 heterocycles. The zero-order chi connectivity index (χ0) is 33.6. The third-order valence-electron chi connectivity index (χ3n) is 12.6. The van der Waals surface area contributed by atoms with Crippen LogP contribution >= 0.6 is 11.8 Å². The second kappa shape index (κ2) is 11.9. The monoisotopic (exact) mass is 696 g/mol. The van der Waals surface area contributed by atoms with E-state index in [1.165, 1.54) is 69.3 Å². The summed E-state index contributed by atoms with van der Waals surface area (Å²) in [6.07, 6.45) is 48.1. The predicted molar refractivity (Wildman–Crippen MR) is 215 cm³/mol. The Morgan fingerprint density at radius 3 is 2.73 bits per heavy atom. The highest BCUT2D eigenvalue weighted by molar-refractivity contribution is 8.07. The fraction of sp³-hybridized carbons (Fsp3) is 0.277. The smallest absolute Gasteiger partial charge is 0.129 e. The summed E-state index contributed by atoms with van der Waals surface area (Å²) in [5, 5.41) is 3.22. The number of hydrogen-bond donors (Lipinski definition) is 0. The minimum atomic E-state index is -0.876. The third-order valence-corrected chi connectivity index (χ3v) is 16.4. The van der Waals surface area contributed by atoms with Crippen LogP contribution in [0.5, 0.6) is 0 Å². The molecule has 0 saturated carbocycles. The molecule has 0 spiro atoms. The van der Waals surface area contributed by atoms with Gasteiger partial charge in [0.15, 0.2) is 0 Å². The third kappa shape index (κ3) is 4.75. The van der Waals surface area contributed by atoms with E-state index >= 15 is 0 Å². The SMILES string of the molecule is C[Si]1C2=CCC3C4=C(C=CCC4)SC3=C2c2ccc(N(C3=CC4OC5=C(C=CCC5)C4C=C3)C3=CC(C4C=CC=C5C=CC=CC54)=CCC3)cc21. The molecule has 1 aromatic carbocycles. The predicted octanol–water partition coefficient (Wildman–Crippen LogP) is 10.9. The molecule has 0 amide bonds. The molecule has 251 valence electrons. The molecule has 51 heavy (non-hydrogen) atoms. The summed E-state index contributed by atoms with van der Waals surface area (Å²) in [4.78, 5) is 5.76. The fourth-order valence-electron chi connectivity index (χ4n) is 10.2. The Bertz CT molecular complexity index is 2240. The molecule has 10 aliphatic rings. The van der Waals surface area contributed by atoms with Crippen molar-refractivity contribution in [3.8, 4) is 0 Å². The van der Waals surface area contributed by atoms with Crippen molar-refractivity contribution in [2.75, 3.05) is 4.90 Å². The van der Waals surface area contributed by atoms with Gasteiger partial charge in [0.05, 0.1) is 0 Å². The average Bonchev–Trinajstić information content (AvgIpc) is 3.84. The van der Waals surface area contributed by atoms with Crippen LogP contribution in [0, 0.1) is 23.7 Å². The van der Waals surface area contributed by atoms with Crippen LogP contribution in [0.4, 0.5) is 5.69 Å². The maximum Gasteiger partial charge on any atom is 0.129 e. The minimum absolute atomic E-state index is 0.0525. The molecule has 0 fully saturated rings. The summed E-state index contributed by atoms with van der Waals surface area (Å²) in [5.74, 6) is 2.84. The van der Waals surface area contributed by atoms with E-state index in [-0.39, 0.29) is 6.10 Å². The summed E-state index contributed by atoms with van der Waals surface area (Å²) < 4.78 is 6.68. The fourth-order valence-corrected chi connectivity index (χ4v) is 14.1. The standard InChI is InChI=1S/C47H42NOSSi/c1-51-44-25-24-39-38-16-5-7-19-43(38)50-47(39)46(44)40-23-21-33(28-45(40)51)48(32-20-22-37-36-15-4-6-18-41(36)49-42(37)27-32)31-13-8-12-30(26-31)35-17-9-11-29-10-2-3-14-34(29)35/h2-4,7,9-12,14-15,17,19-23,25-28,34-35,37,39,42H,5-6,8,13,16,18,24H2,1H3. The van der Waals surface area contributed by atoms with Crippen LogP contribution in [0.2, 0.25) is 6.55 Å². The summed E-state index contributed by atoms with van der Waals surface area (Å²) in [6, 6.07) is 7.49. The lowest BCUT2D eigenvalue weighted by atomic mass is 9.75. The van der Waals surface area contributed by atoms with Crippen molar-refractivity contribution in [1.82, 2.24) is 0 Å². The van der Waals surface area contributed by atoms with Crippen molar-refractivity contribution in [3.05, 3.63) is 182 Å². The number of nitrogens with zero attached hydrogens (tertiary/aromatic N) is 1. The van der Waals surface area contributed by atoms with Gasteiger partial charge in [-0.15, -0.1) is 0 Å². The number of ether oxygens (including phenoxy) is 1. The minimum Gasteiger partial charge on any atom is -0.489 e. The van der Waals surface area contributed by atoms with E-state index in [2.05, 4.69) is 145 Å². The van der Waals surface area contributed by atoms with E-state index in [0.29, 0.717) is 23.7 Å². The number of thioether (sulfide) groups is 1. The second-order valence-electron chi connectivity index (χ2n) is 15.4. The highest BCUT2D eigenvalue weighted by atomic mass is 32.2. The van der Waals surface area contributed by atoms with Crippen molar-refractivity contribution in [2.45, 2.75) is 57.6 Å². The lowest BCUT2D eigenvalue weighted by Gasteiger charge is -2.35. The van der Waals surface area contributed by atoms with Crippen LogP contribution in [0.1, 0.15) is 50.5 Å². The second-order valence-corrected chi connectivity index (χ2v) is 18.8. The van der Waals surface area contributed by atoms with Crippen molar-refractivity contribution in [2.24, 2.45) is 23.7 Å². The summed E-state index contributed by atoms with van der Waals surface area (Å²) >= 11 is 2.08. The Balaban J connectivity index is 0.999. The van der Waals surface area contributed by atoms with E-state index in [1.54, 1.807) is 26.4 Å². The van der Waals surface area contributed by atoms with Crippen molar-refractivity contribution >= 4 is 37.0 Å². The van der Waals surface area contributed by atoms with Gasteiger partial charge in [-0.1, -0.05) is 115 Å². The maximum absolute atomic E-state index is 6.68. The molecule has 7 aliphatic carbocycles. The topological polar surface area (TPSA) is 12.5 Å². The molecule has 3 aliphatic heterocycles. The van der Waals surface area contributed by atoms with Gasteiger partial charge < -0.3 is 9.64 Å². The van der Waals surface area contributed by atoms with Crippen LogP contribution < -0.4 is 10.1 Å². The normalized spacial score (nSPS) is 30.8. The van der Waals surface area contributed by atoms with Gasteiger partial charge in [0.25, 0.3) is 0 Å². The average molecular weight is 697 g/mol. The molecule has 5 unspecified atom stereocenters. The van der Waals surface area contributed by atoms with Gasteiger partial charge in [-0.3, -0.25) is 0 Å². The lowest BCUT2D eigenvalue weighted by Crippen LogP contribution is -2.30. The lowest BCUT2D eigenvalue weighted by molar-refractivity contribution is 0.157. The van der Waals surface area contributed by atoms with Gasteiger partial charge in [-0.05, 0) is 102 Å². The molecular formula is C47H42NOSSi. The Kier molecular flexibility index (Phi) is 7.09. The van der Waals surface area contributed by atoms with Crippen molar-refractivity contribution in [3.63, 3.8) is 0 Å². The van der Waals surface area contributed by atoms with Gasteiger partial charge in [0.1, 0.15) is 20.7 Å². The van der Waals surface area contributed by atoms with Crippen LogP contribution in [-0.4, -0.2) is 14.9 Å². The van der Waals surface area contributed by atoms with E-state index in [0.717, 1.165) is 25.7 Å². The highest BCUT2D eigenvalue weighted by Crippen LogP contribution is 2.57. The molecule has 2 nitrogen and oxygen atoms in total. The van der Waals surface area contributed by atoms with E-state index in [1.807, 2.05) is 0 Å². The van der Waals surface area contributed by atoms with Gasteiger partial charge in [-0.2, -0.15) is 0 Å². The van der Waals surface area contributed by atoms with Crippen LogP contribution in [0.15, 0.2) is 176 Å². The molecule has 0 aromatic heterocycles. The van der Waals surface area contributed by atoms with Crippen LogP contribution in [-0.2, 0) is 4.74 Å². The Morgan fingerprint density at radius 2 is 1.75 bits per heavy atom. The zero-order valence-corrected chi connectivity index (χ0v) is 31.0. The number of fused-ring (bicyclic) bond motifs is 8. The first-order valence-electron chi connectivity index (χ1n) is 19.1. The molecule has 5 atom stereocenters. The zero-order valence-electron chi connectivity index (χ0n) is 29.1. The summed E-state index contributed by atoms with van der Waals surface area (Å²) in [5.41, 5.74) is 12.9. The molecule has 4 heteroatoms. The highest BCUT2D eigenvalue weighted by Gasteiger charge is 2.42. The molecule has 1 radical (unpaired) electrons. The molecule has 11 rings (SSSR count). The van der Waals surface area contributed by atoms with E-state index < -0.39 is 8.80 Å². The summed E-state index contributed by atoms with van der Waals surface area (Å²) in [7, 11) is -0.876. The van der Waals surface area contributed by atoms with Gasteiger partial charge in [0.2, 0.25) is 0 Å². The molecule has 0 N–H and O–H groups in total. The Hall–Kier alpha value is -4.25.